The highest BCUT2D eigenvalue weighted by molar-refractivity contribution is 7.90. The maximum Gasteiger partial charge on any atom is 0.268 e. The van der Waals surface area contributed by atoms with Gasteiger partial charge in [-0.05, 0) is 49.4 Å². The molecule has 0 saturated heterocycles. The van der Waals surface area contributed by atoms with Crippen molar-refractivity contribution >= 4 is 32.6 Å². The number of guanidine groups is 1. The fraction of sp³-hybridized carbons (Fsp3) is 0.111. The lowest BCUT2D eigenvalue weighted by molar-refractivity contribution is 0.414. The van der Waals surface area contributed by atoms with Gasteiger partial charge in [-0.15, -0.1) is 5.10 Å². The zero-order valence-corrected chi connectivity index (χ0v) is 15.9. The highest BCUT2D eigenvalue weighted by atomic mass is 32.2. The van der Waals surface area contributed by atoms with E-state index in [-0.39, 0.29) is 16.4 Å². The van der Waals surface area contributed by atoms with Crippen LogP contribution in [0.4, 0.5) is 4.39 Å². The average Bonchev–Trinajstić information content (AvgIpc) is 3.05. The first-order chi connectivity index (χ1) is 13.2. The van der Waals surface area contributed by atoms with Crippen molar-refractivity contribution in [2.24, 2.45) is 21.7 Å². The number of rotatable bonds is 5. The fourth-order valence-electron chi connectivity index (χ4n) is 2.71. The number of fused-ring (bicyclic) bond motifs is 1. The molecule has 2 aromatic carbocycles. The van der Waals surface area contributed by atoms with E-state index in [4.69, 9.17) is 16.2 Å². The molecule has 146 valence electrons. The molecule has 3 rings (SSSR count). The number of ether oxygens (including phenoxy) is 1. The monoisotopic (exact) mass is 403 g/mol. The molecule has 8 nitrogen and oxygen atoms in total. The second-order valence-electron chi connectivity index (χ2n) is 5.89. The van der Waals surface area contributed by atoms with Crippen molar-refractivity contribution in [1.29, 1.82) is 0 Å². The Kier molecular flexibility index (Phi) is 5.06. The summed E-state index contributed by atoms with van der Waals surface area (Å²) in [5.74, 6) is -0.287. The van der Waals surface area contributed by atoms with Gasteiger partial charge in [-0.3, -0.25) is 0 Å². The van der Waals surface area contributed by atoms with Gasteiger partial charge in [0.05, 0.1) is 23.2 Å². The van der Waals surface area contributed by atoms with Gasteiger partial charge in [0.25, 0.3) is 10.0 Å². The lowest BCUT2D eigenvalue weighted by Crippen LogP contribution is -2.22. The molecule has 1 heterocycles. The normalized spacial score (nSPS) is 12.2. The molecule has 0 fully saturated rings. The van der Waals surface area contributed by atoms with Crippen LogP contribution >= 0.6 is 0 Å². The van der Waals surface area contributed by atoms with Crippen molar-refractivity contribution in [3.05, 3.63) is 60.0 Å². The SMILES string of the molecule is COc1ccc(S(=O)(=O)n2cc(/C(C)=N\N=C(N)N)c3ccc(F)cc32)cc1. The fourth-order valence-corrected chi connectivity index (χ4v) is 4.07. The molecule has 28 heavy (non-hydrogen) atoms. The van der Waals surface area contributed by atoms with E-state index in [9.17, 15) is 12.8 Å². The smallest absolute Gasteiger partial charge is 0.268 e. The van der Waals surface area contributed by atoms with Crippen LogP contribution in [0.1, 0.15) is 12.5 Å². The predicted molar refractivity (Wildman–Crippen MR) is 105 cm³/mol. The zero-order chi connectivity index (χ0) is 20.5. The van der Waals surface area contributed by atoms with Crippen LogP contribution in [0.5, 0.6) is 5.75 Å². The molecule has 0 aliphatic carbocycles. The number of benzene rings is 2. The van der Waals surface area contributed by atoms with Gasteiger partial charge in [-0.25, -0.2) is 16.8 Å². The quantitative estimate of drug-likeness (QED) is 0.383. The van der Waals surface area contributed by atoms with Crippen LogP contribution in [0.15, 0.2) is 63.8 Å². The van der Waals surface area contributed by atoms with Crippen LogP contribution in [-0.2, 0) is 10.0 Å². The third kappa shape index (κ3) is 3.54. The molecule has 4 N–H and O–H groups in total. The summed E-state index contributed by atoms with van der Waals surface area (Å²) in [4.78, 5) is 0.0276. The van der Waals surface area contributed by atoms with Crippen molar-refractivity contribution in [3.63, 3.8) is 0 Å². The molecular formula is C18H18FN5O3S. The van der Waals surface area contributed by atoms with Crippen LogP contribution in [0.3, 0.4) is 0 Å². The Bertz CT molecular complexity index is 1190. The molecule has 0 atom stereocenters. The summed E-state index contributed by atoms with van der Waals surface area (Å²) in [6.07, 6.45) is 1.37. The number of hydrogen-bond acceptors (Lipinski definition) is 5. The predicted octanol–water partition coefficient (Wildman–Crippen LogP) is 2.02. The number of nitrogens with zero attached hydrogens (tertiary/aromatic N) is 3. The van der Waals surface area contributed by atoms with E-state index in [1.807, 2.05) is 0 Å². The molecule has 3 aromatic rings. The summed E-state index contributed by atoms with van der Waals surface area (Å²) in [5.41, 5.74) is 11.6. The topological polar surface area (TPSA) is 125 Å². The lowest BCUT2D eigenvalue weighted by Gasteiger charge is -2.08. The van der Waals surface area contributed by atoms with Crippen LogP contribution in [-0.4, -0.2) is 31.2 Å². The molecule has 0 amide bonds. The summed E-state index contributed by atoms with van der Waals surface area (Å²) >= 11 is 0. The Morgan fingerprint density at radius 2 is 1.79 bits per heavy atom. The molecule has 0 aliphatic rings. The summed E-state index contributed by atoms with van der Waals surface area (Å²) in [6.45, 7) is 1.62. The minimum Gasteiger partial charge on any atom is -0.497 e. The van der Waals surface area contributed by atoms with Crippen molar-refractivity contribution < 1.29 is 17.5 Å². The maximum atomic E-state index is 13.9. The molecule has 0 bridgehead atoms. The summed E-state index contributed by atoms with van der Waals surface area (Å²) in [5, 5.41) is 7.97. The molecule has 1 aromatic heterocycles. The van der Waals surface area contributed by atoms with Crippen molar-refractivity contribution in [2.75, 3.05) is 7.11 Å². The van der Waals surface area contributed by atoms with Gasteiger partial charge in [0, 0.05) is 17.1 Å². The van der Waals surface area contributed by atoms with Crippen LogP contribution in [0, 0.1) is 5.82 Å². The molecule has 0 saturated carbocycles. The summed E-state index contributed by atoms with van der Waals surface area (Å²) in [6, 6.07) is 9.77. The molecule has 0 spiro atoms. The van der Waals surface area contributed by atoms with Gasteiger partial charge in [0.2, 0.25) is 5.96 Å². The van der Waals surface area contributed by atoms with Gasteiger partial charge in [0.1, 0.15) is 11.6 Å². The first-order valence-corrected chi connectivity index (χ1v) is 9.52. The van der Waals surface area contributed by atoms with Crippen LogP contribution in [0.25, 0.3) is 10.9 Å². The van der Waals surface area contributed by atoms with Gasteiger partial charge in [0.15, 0.2) is 0 Å². The number of methoxy groups -OCH3 is 1. The van der Waals surface area contributed by atoms with Crippen molar-refractivity contribution in [3.8, 4) is 5.75 Å². The van der Waals surface area contributed by atoms with E-state index in [1.165, 1.54) is 49.7 Å². The number of hydrogen-bond donors (Lipinski definition) is 2. The highest BCUT2D eigenvalue weighted by Gasteiger charge is 2.22. The molecule has 0 radical (unpaired) electrons. The molecule has 0 aliphatic heterocycles. The Labute approximate surface area is 161 Å². The summed E-state index contributed by atoms with van der Waals surface area (Å²) in [7, 11) is -2.51. The van der Waals surface area contributed by atoms with Crippen LogP contribution in [0.2, 0.25) is 0 Å². The number of halogens is 1. The second-order valence-corrected chi connectivity index (χ2v) is 7.71. The Morgan fingerprint density at radius 3 is 2.39 bits per heavy atom. The van der Waals surface area contributed by atoms with E-state index in [0.29, 0.717) is 22.4 Å². The average molecular weight is 403 g/mol. The lowest BCUT2D eigenvalue weighted by atomic mass is 10.1. The largest absolute Gasteiger partial charge is 0.497 e. The van der Waals surface area contributed by atoms with Crippen LogP contribution < -0.4 is 16.2 Å². The van der Waals surface area contributed by atoms with Gasteiger partial charge < -0.3 is 16.2 Å². The van der Waals surface area contributed by atoms with E-state index in [2.05, 4.69) is 10.2 Å². The van der Waals surface area contributed by atoms with Crippen molar-refractivity contribution in [1.82, 2.24) is 3.97 Å². The number of nitrogens with two attached hydrogens (primary N) is 2. The van der Waals surface area contributed by atoms with E-state index in [0.717, 1.165) is 10.0 Å². The van der Waals surface area contributed by atoms with Gasteiger partial charge in [-0.2, -0.15) is 5.10 Å². The second kappa shape index (κ2) is 7.31. The minimum atomic E-state index is -4.00. The third-order valence-electron chi connectivity index (χ3n) is 4.06. The van der Waals surface area contributed by atoms with Gasteiger partial charge in [-0.1, -0.05) is 0 Å². The van der Waals surface area contributed by atoms with E-state index >= 15 is 0 Å². The van der Waals surface area contributed by atoms with Gasteiger partial charge >= 0.3 is 0 Å². The third-order valence-corrected chi connectivity index (χ3v) is 5.74. The maximum absolute atomic E-state index is 13.9. The van der Waals surface area contributed by atoms with Crippen molar-refractivity contribution in [2.45, 2.75) is 11.8 Å². The molecule has 0 unspecified atom stereocenters. The summed E-state index contributed by atoms with van der Waals surface area (Å²) < 4.78 is 46.2. The first kappa shape index (κ1) is 19.4. The standard InChI is InChI=1S/C18H18FN5O3S/c1-11(22-23-18(20)21)16-10-24(17-9-12(19)3-8-15(16)17)28(25,26)14-6-4-13(27-2)5-7-14/h3-10H,1-2H3,(H4,20,21,23)/b22-11-. The first-order valence-electron chi connectivity index (χ1n) is 8.08. The molecule has 10 heteroatoms. The minimum absolute atomic E-state index is 0.0276. The van der Waals surface area contributed by atoms with E-state index in [1.54, 1.807) is 6.92 Å². The zero-order valence-electron chi connectivity index (χ0n) is 15.1. The molecular weight excluding hydrogens is 385 g/mol. The Morgan fingerprint density at radius 1 is 1.11 bits per heavy atom. The van der Waals surface area contributed by atoms with E-state index < -0.39 is 15.8 Å². The Balaban J connectivity index is 2.24. The Hall–Kier alpha value is -3.40. The number of aromatic nitrogens is 1. The highest BCUT2D eigenvalue weighted by Crippen LogP contribution is 2.28.